The number of primary amides is 1. The zero-order valence-corrected chi connectivity index (χ0v) is 7.51. The molecule has 0 radical (unpaired) electrons. The first-order valence-electron chi connectivity index (χ1n) is 4.26. The Hall–Kier alpha value is -2.37. The van der Waals surface area contributed by atoms with E-state index in [2.05, 4.69) is 20.2 Å². The van der Waals surface area contributed by atoms with E-state index in [1.165, 1.54) is 6.33 Å². The summed E-state index contributed by atoms with van der Waals surface area (Å²) < 4.78 is 0. The highest BCUT2D eigenvalue weighted by Gasteiger charge is 2.16. The van der Waals surface area contributed by atoms with Gasteiger partial charge >= 0.3 is 0 Å². The lowest BCUT2D eigenvalue weighted by Gasteiger charge is -1.99. The fraction of sp³-hybridized carbons (Fsp3) is 0. The molecule has 2 heterocycles. The number of hydrogen-bond acceptors (Lipinski definition) is 5. The zero-order valence-electron chi connectivity index (χ0n) is 7.51. The average molecular weight is 199 g/mol. The van der Waals surface area contributed by atoms with Gasteiger partial charge in [-0.2, -0.15) is 0 Å². The molecule has 0 saturated heterocycles. The van der Waals surface area contributed by atoms with Crippen LogP contribution in [-0.2, 0) is 0 Å². The van der Waals surface area contributed by atoms with E-state index in [0.29, 0.717) is 22.6 Å². The number of carbonyl (C=O) groups excluding carboxylic acids is 1. The average Bonchev–Trinajstić information content (AvgIpc) is 2.64. The van der Waals surface area contributed by atoms with Crippen LogP contribution in [0.2, 0.25) is 0 Å². The Morgan fingerprint density at radius 3 is 2.87 bits per heavy atom. The minimum absolute atomic E-state index is 0.378. The predicted molar refractivity (Wildman–Crippen MR) is 52.2 cm³/mol. The molecule has 0 saturated carbocycles. The van der Waals surface area contributed by atoms with Crippen LogP contribution >= 0.6 is 0 Å². The van der Waals surface area contributed by atoms with Gasteiger partial charge in [-0.25, -0.2) is 9.97 Å². The molecular formula is C9H5N5O. The van der Waals surface area contributed by atoms with Crippen LogP contribution in [0.4, 0.5) is 11.5 Å². The molecule has 15 heavy (non-hydrogen) atoms. The highest BCUT2D eigenvalue weighted by Crippen LogP contribution is 2.38. The van der Waals surface area contributed by atoms with E-state index in [1.807, 2.05) is 0 Å². The van der Waals surface area contributed by atoms with E-state index >= 15 is 0 Å². The summed E-state index contributed by atoms with van der Waals surface area (Å²) in [6.45, 7) is 0. The van der Waals surface area contributed by atoms with Crippen LogP contribution in [0, 0.1) is 0 Å². The summed E-state index contributed by atoms with van der Waals surface area (Å²) in [5.74, 6) is 0.0291. The zero-order chi connectivity index (χ0) is 10.4. The molecule has 1 aliphatic rings. The van der Waals surface area contributed by atoms with Crippen molar-refractivity contribution in [1.29, 1.82) is 0 Å². The molecule has 1 aromatic carbocycles. The first kappa shape index (κ1) is 7.98. The molecule has 72 valence electrons. The van der Waals surface area contributed by atoms with E-state index in [9.17, 15) is 4.79 Å². The van der Waals surface area contributed by atoms with Gasteiger partial charge in [0, 0.05) is 5.56 Å². The summed E-state index contributed by atoms with van der Waals surface area (Å²) in [6.07, 6.45) is 1.39. The summed E-state index contributed by atoms with van der Waals surface area (Å²) in [6, 6.07) is 3.21. The molecule has 0 bridgehead atoms. The number of carbonyl (C=O) groups is 1. The number of hydrogen-bond donors (Lipinski definition) is 1. The van der Waals surface area contributed by atoms with Crippen molar-refractivity contribution in [2.24, 2.45) is 16.0 Å². The number of nitrogens with two attached hydrogens (primary N) is 1. The molecule has 2 aromatic rings. The second kappa shape index (κ2) is 2.57. The molecule has 0 unspecified atom stereocenters. The number of rotatable bonds is 1. The van der Waals surface area contributed by atoms with Crippen molar-refractivity contribution in [3.8, 4) is 0 Å². The number of azo groups is 1. The fourth-order valence-corrected chi connectivity index (χ4v) is 1.55. The van der Waals surface area contributed by atoms with Crippen molar-refractivity contribution in [3.05, 3.63) is 24.0 Å². The van der Waals surface area contributed by atoms with E-state index in [-0.39, 0.29) is 0 Å². The SMILES string of the molecule is NC(=O)c1cc2c3c(ncnc3c1)N=N2. The molecule has 1 amide bonds. The summed E-state index contributed by atoms with van der Waals surface area (Å²) in [5, 5.41) is 8.53. The van der Waals surface area contributed by atoms with Gasteiger partial charge in [-0.3, -0.25) is 4.79 Å². The van der Waals surface area contributed by atoms with Gasteiger partial charge in [-0.1, -0.05) is 0 Å². The molecule has 1 aliphatic heterocycles. The van der Waals surface area contributed by atoms with Gasteiger partial charge in [-0.15, -0.1) is 10.2 Å². The topological polar surface area (TPSA) is 93.6 Å². The van der Waals surface area contributed by atoms with Gasteiger partial charge in [0.05, 0.1) is 16.6 Å². The second-order valence-electron chi connectivity index (χ2n) is 3.15. The molecule has 1 aromatic heterocycles. The third-order valence-electron chi connectivity index (χ3n) is 2.23. The van der Waals surface area contributed by atoms with Gasteiger partial charge in [0.2, 0.25) is 5.91 Å². The Kier molecular flexibility index (Phi) is 1.37. The van der Waals surface area contributed by atoms with Crippen molar-refractivity contribution in [2.45, 2.75) is 0 Å². The summed E-state index contributed by atoms with van der Waals surface area (Å²) >= 11 is 0. The van der Waals surface area contributed by atoms with Crippen molar-refractivity contribution >= 4 is 28.3 Å². The van der Waals surface area contributed by atoms with Crippen LogP contribution in [-0.4, -0.2) is 15.9 Å². The second-order valence-corrected chi connectivity index (χ2v) is 3.15. The Morgan fingerprint density at radius 1 is 1.20 bits per heavy atom. The molecule has 0 fully saturated rings. The molecule has 2 N–H and O–H groups in total. The van der Waals surface area contributed by atoms with Crippen molar-refractivity contribution in [3.63, 3.8) is 0 Å². The maximum Gasteiger partial charge on any atom is 0.248 e. The van der Waals surface area contributed by atoms with Crippen LogP contribution in [0.3, 0.4) is 0 Å². The standard InChI is InChI=1S/C9H5N5O/c10-8(15)4-1-5-7-6(2-4)13-14-9(7)12-3-11-5/h1-3H,(H2,10,15). The van der Waals surface area contributed by atoms with E-state index < -0.39 is 5.91 Å². The number of amides is 1. The Bertz CT molecular complexity index is 619. The van der Waals surface area contributed by atoms with Gasteiger partial charge in [-0.05, 0) is 12.1 Å². The Morgan fingerprint density at radius 2 is 2.07 bits per heavy atom. The highest BCUT2D eigenvalue weighted by atomic mass is 16.1. The van der Waals surface area contributed by atoms with Crippen LogP contribution in [0.5, 0.6) is 0 Å². The maximum absolute atomic E-state index is 11.0. The van der Waals surface area contributed by atoms with Crippen molar-refractivity contribution in [2.75, 3.05) is 0 Å². The first-order chi connectivity index (χ1) is 7.25. The van der Waals surface area contributed by atoms with Gasteiger partial charge in [0.25, 0.3) is 0 Å². The largest absolute Gasteiger partial charge is 0.366 e. The first-order valence-corrected chi connectivity index (χ1v) is 4.26. The highest BCUT2D eigenvalue weighted by molar-refractivity contribution is 6.04. The maximum atomic E-state index is 11.0. The van der Waals surface area contributed by atoms with Gasteiger partial charge in [0.1, 0.15) is 6.33 Å². The molecule has 0 atom stereocenters. The quantitative estimate of drug-likeness (QED) is 0.642. The lowest BCUT2D eigenvalue weighted by atomic mass is 10.1. The Labute approximate surface area is 83.9 Å². The number of nitrogens with zero attached hydrogens (tertiary/aromatic N) is 4. The summed E-state index contributed by atoms with van der Waals surface area (Å²) in [7, 11) is 0. The normalized spacial score (nSPS) is 12.3. The summed E-state index contributed by atoms with van der Waals surface area (Å²) in [4.78, 5) is 19.0. The minimum atomic E-state index is -0.504. The molecule has 6 heteroatoms. The van der Waals surface area contributed by atoms with Crippen LogP contribution in [0.15, 0.2) is 28.7 Å². The van der Waals surface area contributed by atoms with Crippen molar-refractivity contribution < 1.29 is 4.79 Å². The third kappa shape index (κ3) is 1.01. The monoisotopic (exact) mass is 199 g/mol. The van der Waals surface area contributed by atoms with Gasteiger partial charge in [0.15, 0.2) is 5.82 Å². The molecular weight excluding hydrogens is 194 g/mol. The molecule has 3 rings (SSSR count). The van der Waals surface area contributed by atoms with E-state index in [4.69, 9.17) is 5.73 Å². The van der Waals surface area contributed by atoms with Gasteiger partial charge < -0.3 is 5.73 Å². The van der Waals surface area contributed by atoms with E-state index in [1.54, 1.807) is 12.1 Å². The fourth-order valence-electron chi connectivity index (χ4n) is 1.55. The Balaban J connectivity index is 2.45. The molecule has 0 spiro atoms. The van der Waals surface area contributed by atoms with Crippen LogP contribution < -0.4 is 5.73 Å². The molecule has 0 aliphatic carbocycles. The molecule has 6 nitrogen and oxygen atoms in total. The van der Waals surface area contributed by atoms with Crippen molar-refractivity contribution in [1.82, 2.24) is 9.97 Å². The summed E-state index contributed by atoms with van der Waals surface area (Å²) in [5.41, 5.74) is 6.80. The van der Waals surface area contributed by atoms with E-state index in [0.717, 1.165) is 5.39 Å². The van der Waals surface area contributed by atoms with Crippen LogP contribution in [0.25, 0.3) is 10.9 Å². The number of aromatic nitrogens is 2. The lowest BCUT2D eigenvalue weighted by molar-refractivity contribution is 0.100. The minimum Gasteiger partial charge on any atom is -0.366 e. The lowest BCUT2D eigenvalue weighted by Crippen LogP contribution is -2.10. The smallest absolute Gasteiger partial charge is 0.248 e. The third-order valence-corrected chi connectivity index (χ3v) is 2.23. The predicted octanol–water partition coefficient (Wildman–Crippen LogP) is 1.46. The van der Waals surface area contributed by atoms with Crippen LogP contribution in [0.1, 0.15) is 10.4 Å². The number of benzene rings is 1.